The van der Waals surface area contributed by atoms with E-state index < -0.39 is 5.97 Å². The van der Waals surface area contributed by atoms with Crippen LogP contribution in [0.1, 0.15) is 23.0 Å². The molecule has 2 rings (SSSR count). The molecule has 1 N–H and O–H groups in total. The molecule has 0 fully saturated rings. The smallest absolute Gasteiger partial charge is 0.355 e. The minimum Gasteiger partial charge on any atom is -0.461 e. The Bertz CT molecular complexity index is 592. The first-order chi connectivity index (χ1) is 8.06. The third-order valence-corrected chi connectivity index (χ3v) is 3.24. The van der Waals surface area contributed by atoms with E-state index in [2.05, 4.69) is 20.9 Å². The molecule has 1 heterocycles. The Kier molecular flexibility index (Phi) is 3.19. The number of aromatic amines is 1. The first-order valence-electron chi connectivity index (χ1n) is 5.19. The Labute approximate surface area is 106 Å². The van der Waals surface area contributed by atoms with Gasteiger partial charge >= 0.3 is 5.97 Å². The molecule has 90 valence electrons. The second-order valence-corrected chi connectivity index (χ2v) is 4.48. The van der Waals surface area contributed by atoms with Gasteiger partial charge in [0.05, 0.1) is 12.1 Å². The number of rotatable bonds is 2. The summed E-state index contributed by atoms with van der Waals surface area (Å²) in [5, 5.41) is 0.674. The number of ether oxygens (including phenoxy) is 1. The lowest BCUT2D eigenvalue weighted by Crippen LogP contribution is -2.06. The zero-order valence-corrected chi connectivity index (χ0v) is 11.0. The molecule has 0 aliphatic carbocycles. The fraction of sp³-hybridized carbons (Fsp3) is 0.250. The molecule has 0 saturated heterocycles. The van der Waals surface area contributed by atoms with E-state index in [1.54, 1.807) is 19.9 Å². The van der Waals surface area contributed by atoms with Gasteiger partial charge in [-0.05, 0) is 31.5 Å². The number of hydrogen-bond acceptors (Lipinski definition) is 2. The number of fused-ring (bicyclic) bond motifs is 1. The van der Waals surface area contributed by atoms with Crippen molar-refractivity contribution in [3.63, 3.8) is 0 Å². The highest BCUT2D eigenvalue weighted by molar-refractivity contribution is 9.10. The maximum atomic E-state index is 13.6. The molecule has 0 saturated carbocycles. The number of carbonyl (C=O) groups is 1. The van der Waals surface area contributed by atoms with Crippen LogP contribution in [-0.2, 0) is 4.74 Å². The Balaban J connectivity index is 2.68. The molecule has 0 aliphatic heterocycles. The highest BCUT2D eigenvalue weighted by Crippen LogP contribution is 2.31. The molecule has 0 spiro atoms. The molecular formula is C12H11BrFNO2. The van der Waals surface area contributed by atoms with Gasteiger partial charge in [-0.15, -0.1) is 0 Å². The van der Waals surface area contributed by atoms with Gasteiger partial charge in [-0.1, -0.05) is 15.9 Å². The number of aryl methyl sites for hydroxylation is 1. The van der Waals surface area contributed by atoms with Crippen molar-refractivity contribution in [3.8, 4) is 0 Å². The summed E-state index contributed by atoms with van der Waals surface area (Å²) >= 11 is 3.34. The quantitative estimate of drug-likeness (QED) is 0.862. The largest absolute Gasteiger partial charge is 0.461 e. The number of H-pyrrole nitrogens is 1. The van der Waals surface area contributed by atoms with Gasteiger partial charge in [0.1, 0.15) is 11.5 Å². The SMILES string of the molecule is CCOC(=O)c1[nH]c2c(F)ccc(Br)c2c1C. The van der Waals surface area contributed by atoms with Gasteiger partial charge < -0.3 is 9.72 Å². The maximum absolute atomic E-state index is 13.6. The van der Waals surface area contributed by atoms with Gasteiger partial charge in [0, 0.05) is 9.86 Å². The number of hydrogen-bond donors (Lipinski definition) is 1. The molecule has 0 amide bonds. The Hall–Kier alpha value is -1.36. The number of benzene rings is 1. The third kappa shape index (κ3) is 1.95. The molecule has 1 aromatic carbocycles. The number of aromatic nitrogens is 1. The van der Waals surface area contributed by atoms with Crippen LogP contribution in [0.15, 0.2) is 16.6 Å². The van der Waals surface area contributed by atoms with Crippen LogP contribution in [0.2, 0.25) is 0 Å². The van der Waals surface area contributed by atoms with Crippen LogP contribution in [0.4, 0.5) is 4.39 Å². The van der Waals surface area contributed by atoms with Crippen LogP contribution in [0.25, 0.3) is 10.9 Å². The molecule has 1 aromatic heterocycles. The zero-order valence-electron chi connectivity index (χ0n) is 9.43. The van der Waals surface area contributed by atoms with E-state index in [0.29, 0.717) is 22.2 Å². The van der Waals surface area contributed by atoms with Crippen LogP contribution >= 0.6 is 15.9 Å². The Morgan fingerprint density at radius 3 is 2.82 bits per heavy atom. The first kappa shape index (κ1) is 12.1. The monoisotopic (exact) mass is 299 g/mol. The molecule has 5 heteroatoms. The van der Waals surface area contributed by atoms with Crippen molar-refractivity contribution in [1.29, 1.82) is 0 Å². The summed E-state index contributed by atoms with van der Waals surface area (Å²) in [6, 6.07) is 2.96. The summed E-state index contributed by atoms with van der Waals surface area (Å²) in [4.78, 5) is 14.4. The van der Waals surface area contributed by atoms with Crippen molar-refractivity contribution in [2.24, 2.45) is 0 Å². The molecule has 3 nitrogen and oxygen atoms in total. The second kappa shape index (κ2) is 4.49. The van der Waals surface area contributed by atoms with Crippen LogP contribution in [0.3, 0.4) is 0 Å². The lowest BCUT2D eigenvalue weighted by atomic mass is 10.1. The molecule has 0 unspecified atom stereocenters. The van der Waals surface area contributed by atoms with Crippen molar-refractivity contribution in [2.75, 3.05) is 6.61 Å². The van der Waals surface area contributed by atoms with E-state index in [0.717, 1.165) is 4.47 Å². The average Bonchev–Trinajstić information content (AvgIpc) is 2.63. The molecule has 0 radical (unpaired) electrons. The number of nitrogens with one attached hydrogen (secondary N) is 1. The van der Waals surface area contributed by atoms with E-state index in [1.165, 1.54) is 6.07 Å². The molecule has 0 aliphatic rings. The van der Waals surface area contributed by atoms with E-state index >= 15 is 0 Å². The van der Waals surface area contributed by atoms with Gasteiger partial charge in [-0.2, -0.15) is 0 Å². The summed E-state index contributed by atoms with van der Waals surface area (Å²) in [7, 11) is 0. The Morgan fingerprint density at radius 1 is 1.53 bits per heavy atom. The van der Waals surface area contributed by atoms with Gasteiger partial charge in [0.2, 0.25) is 0 Å². The summed E-state index contributed by atoms with van der Waals surface area (Å²) in [6.45, 7) is 3.78. The minimum atomic E-state index is -0.465. The summed E-state index contributed by atoms with van der Waals surface area (Å²) < 4.78 is 19.3. The molecule has 2 aromatic rings. The van der Waals surface area contributed by atoms with E-state index in [1.807, 2.05) is 0 Å². The fourth-order valence-corrected chi connectivity index (χ4v) is 2.42. The van der Waals surface area contributed by atoms with Crippen molar-refractivity contribution in [3.05, 3.63) is 33.7 Å². The molecular weight excluding hydrogens is 289 g/mol. The van der Waals surface area contributed by atoms with Crippen molar-refractivity contribution in [2.45, 2.75) is 13.8 Å². The molecule has 17 heavy (non-hydrogen) atoms. The Morgan fingerprint density at radius 2 is 2.24 bits per heavy atom. The standard InChI is InChI=1S/C12H11BrFNO2/c1-3-17-12(16)10-6(2)9-7(13)4-5-8(14)11(9)15-10/h4-5,15H,3H2,1-2H3. The second-order valence-electron chi connectivity index (χ2n) is 3.62. The number of carbonyl (C=O) groups excluding carboxylic acids is 1. The summed E-state index contributed by atoms with van der Waals surface area (Å²) in [5.41, 5.74) is 1.30. The topological polar surface area (TPSA) is 42.1 Å². The van der Waals surface area contributed by atoms with Crippen LogP contribution in [0.5, 0.6) is 0 Å². The highest BCUT2D eigenvalue weighted by atomic mass is 79.9. The summed E-state index contributed by atoms with van der Waals surface area (Å²) in [6.07, 6.45) is 0. The van der Waals surface area contributed by atoms with Gasteiger partial charge in [0.25, 0.3) is 0 Å². The predicted octanol–water partition coefficient (Wildman–Crippen LogP) is 3.55. The van der Waals surface area contributed by atoms with Crippen molar-refractivity contribution in [1.82, 2.24) is 4.98 Å². The van der Waals surface area contributed by atoms with Crippen LogP contribution in [0, 0.1) is 12.7 Å². The fourth-order valence-electron chi connectivity index (χ4n) is 1.79. The van der Waals surface area contributed by atoms with Gasteiger partial charge in [0.15, 0.2) is 0 Å². The number of esters is 1. The van der Waals surface area contributed by atoms with E-state index in [9.17, 15) is 9.18 Å². The van der Waals surface area contributed by atoms with E-state index in [4.69, 9.17) is 4.74 Å². The lowest BCUT2D eigenvalue weighted by molar-refractivity contribution is 0.0520. The van der Waals surface area contributed by atoms with Gasteiger partial charge in [-0.3, -0.25) is 0 Å². The minimum absolute atomic E-state index is 0.289. The first-order valence-corrected chi connectivity index (χ1v) is 5.99. The van der Waals surface area contributed by atoms with Crippen molar-refractivity contribution >= 4 is 32.8 Å². The predicted molar refractivity (Wildman–Crippen MR) is 66.7 cm³/mol. The lowest BCUT2D eigenvalue weighted by Gasteiger charge is -1.99. The average molecular weight is 300 g/mol. The number of halogens is 2. The maximum Gasteiger partial charge on any atom is 0.355 e. The molecule has 0 atom stereocenters. The zero-order chi connectivity index (χ0) is 12.6. The van der Waals surface area contributed by atoms with Gasteiger partial charge in [-0.25, -0.2) is 9.18 Å². The van der Waals surface area contributed by atoms with E-state index in [-0.39, 0.29) is 12.4 Å². The molecule has 0 bridgehead atoms. The van der Waals surface area contributed by atoms with Crippen LogP contribution in [-0.4, -0.2) is 17.6 Å². The third-order valence-electron chi connectivity index (χ3n) is 2.58. The summed E-state index contributed by atoms with van der Waals surface area (Å²) in [5.74, 6) is -0.852. The van der Waals surface area contributed by atoms with Crippen LogP contribution < -0.4 is 0 Å². The highest BCUT2D eigenvalue weighted by Gasteiger charge is 2.19. The normalized spacial score (nSPS) is 10.8. The van der Waals surface area contributed by atoms with Crippen molar-refractivity contribution < 1.29 is 13.9 Å².